The first kappa shape index (κ1) is 27.2. The highest BCUT2D eigenvalue weighted by Gasteiger charge is 2.42. The first-order valence-corrected chi connectivity index (χ1v) is 11.2. The number of benzene rings is 2. The summed E-state index contributed by atoms with van der Waals surface area (Å²) in [6, 6.07) is 3.35. The van der Waals surface area contributed by atoms with Crippen LogP contribution in [0.4, 0.5) is 38.1 Å². The highest BCUT2D eigenvalue weighted by Crippen LogP contribution is 2.44. The Hall–Kier alpha value is -3.37. The number of aryl methyl sites for hydroxylation is 2. The Bertz CT molecular complexity index is 1150. The third kappa shape index (κ3) is 5.10. The van der Waals surface area contributed by atoms with Crippen molar-refractivity contribution in [2.45, 2.75) is 51.9 Å². The van der Waals surface area contributed by atoms with Gasteiger partial charge in [0.25, 0.3) is 6.43 Å². The maximum absolute atomic E-state index is 13.6. The van der Waals surface area contributed by atoms with E-state index in [-0.39, 0.29) is 12.1 Å². The van der Waals surface area contributed by atoms with Gasteiger partial charge >= 0.3 is 18.2 Å². The number of alkyl halides is 5. The van der Waals surface area contributed by atoms with E-state index in [4.69, 9.17) is 9.47 Å². The van der Waals surface area contributed by atoms with Gasteiger partial charge in [-0.25, -0.2) is 18.4 Å². The normalized spacial score (nSPS) is 16.6. The molecule has 2 aromatic carbocycles. The number of rotatable bonds is 5. The summed E-state index contributed by atoms with van der Waals surface area (Å²) in [7, 11) is 2.30. The Labute approximate surface area is 205 Å². The molecule has 0 N–H and O–H groups in total. The molecule has 196 valence electrons. The van der Waals surface area contributed by atoms with Crippen molar-refractivity contribution in [3.8, 4) is 0 Å². The van der Waals surface area contributed by atoms with Gasteiger partial charge in [-0.3, -0.25) is 4.90 Å². The summed E-state index contributed by atoms with van der Waals surface area (Å²) in [6.45, 7) is 5.44. The number of halogens is 5. The first-order chi connectivity index (χ1) is 16.8. The fourth-order valence-electron chi connectivity index (χ4n) is 4.39. The quantitative estimate of drug-likeness (QED) is 0.344. The molecule has 0 bridgehead atoms. The van der Waals surface area contributed by atoms with E-state index in [2.05, 4.69) is 0 Å². The minimum atomic E-state index is -4.92. The Balaban J connectivity index is 2.31. The Kier molecular flexibility index (Phi) is 7.80. The monoisotopic (exact) mass is 514 g/mol. The third-order valence-electron chi connectivity index (χ3n) is 6.38. The van der Waals surface area contributed by atoms with Crippen LogP contribution in [0.5, 0.6) is 0 Å². The molecule has 6 nitrogen and oxygen atoms in total. The van der Waals surface area contributed by atoms with Crippen molar-refractivity contribution in [2.75, 3.05) is 30.6 Å². The lowest BCUT2D eigenvalue weighted by molar-refractivity contribution is -0.143. The van der Waals surface area contributed by atoms with Gasteiger partial charge in [0.05, 0.1) is 37.2 Å². The number of carbonyl (C=O) groups excluding carboxylic acids is 2. The minimum absolute atomic E-state index is 0.0150. The van der Waals surface area contributed by atoms with Gasteiger partial charge in [-0.15, -0.1) is 0 Å². The number of hydrogen-bond acceptors (Lipinski definition) is 5. The summed E-state index contributed by atoms with van der Waals surface area (Å²) in [6.07, 6.45) is -8.33. The fourth-order valence-corrected chi connectivity index (χ4v) is 4.39. The van der Waals surface area contributed by atoms with Gasteiger partial charge < -0.3 is 14.4 Å². The minimum Gasteiger partial charge on any atom is -0.467 e. The molecular formula is C25H27F5N2O4. The lowest BCUT2D eigenvalue weighted by Gasteiger charge is -2.45. The number of esters is 1. The van der Waals surface area contributed by atoms with Crippen LogP contribution in [0.2, 0.25) is 0 Å². The van der Waals surface area contributed by atoms with Crippen LogP contribution >= 0.6 is 0 Å². The number of hydrogen-bond donors (Lipinski definition) is 0. The van der Waals surface area contributed by atoms with Crippen molar-refractivity contribution in [3.63, 3.8) is 0 Å². The van der Waals surface area contributed by atoms with Crippen molar-refractivity contribution in [3.05, 3.63) is 58.1 Å². The van der Waals surface area contributed by atoms with Crippen molar-refractivity contribution >= 4 is 23.4 Å². The van der Waals surface area contributed by atoms with E-state index < -0.39 is 47.9 Å². The number of carbonyl (C=O) groups is 2. The van der Waals surface area contributed by atoms with E-state index in [9.17, 15) is 31.5 Å². The molecular weight excluding hydrogens is 487 g/mol. The summed E-state index contributed by atoms with van der Waals surface area (Å²) in [5.41, 5.74) is -0.0957. The van der Waals surface area contributed by atoms with Crippen molar-refractivity contribution in [1.82, 2.24) is 0 Å². The van der Waals surface area contributed by atoms with Crippen LogP contribution in [-0.4, -0.2) is 38.9 Å². The molecule has 1 aliphatic rings. The number of fused-ring (bicyclic) bond motifs is 1. The SMILES string of the molecule is CCC1CN(C(C(=O)OC)c2cc(C(F)F)cc(C(F)(F)F)c2)c2cc(C)c(C)cc2N1C(=O)OC. The summed E-state index contributed by atoms with van der Waals surface area (Å²) < 4.78 is 77.8. The zero-order valence-corrected chi connectivity index (χ0v) is 20.5. The molecule has 0 saturated heterocycles. The number of ether oxygens (including phenoxy) is 2. The molecule has 2 atom stereocenters. The lowest BCUT2D eigenvalue weighted by atomic mass is 9.94. The van der Waals surface area contributed by atoms with Crippen molar-refractivity contribution in [2.24, 2.45) is 0 Å². The summed E-state index contributed by atoms with van der Waals surface area (Å²) in [5.74, 6) is -0.930. The number of methoxy groups -OCH3 is 2. The standard InChI is InChI=1S/C25H27F5N2O4/c1-6-18-12-31(19-7-13(2)14(3)8-20(19)32(18)24(34)36-5)21(23(33)35-4)15-9-16(22(26)27)11-17(10-15)25(28,29)30/h7-11,18,21-22H,6,12H2,1-5H3. The Morgan fingerprint density at radius 2 is 1.56 bits per heavy atom. The van der Waals surface area contributed by atoms with Crippen LogP contribution in [0, 0.1) is 13.8 Å². The Morgan fingerprint density at radius 3 is 2.06 bits per heavy atom. The second kappa shape index (κ2) is 10.3. The molecule has 1 amide bonds. The number of anilines is 2. The van der Waals surface area contributed by atoms with Crippen LogP contribution in [0.15, 0.2) is 30.3 Å². The molecule has 2 aromatic rings. The topological polar surface area (TPSA) is 59.1 Å². The van der Waals surface area contributed by atoms with E-state index >= 15 is 0 Å². The molecule has 0 radical (unpaired) electrons. The van der Waals surface area contributed by atoms with Crippen LogP contribution < -0.4 is 9.80 Å². The highest BCUT2D eigenvalue weighted by atomic mass is 19.4. The molecule has 0 aromatic heterocycles. The molecule has 36 heavy (non-hydrogen) atoms. The summed E-state index contributed by atoms with van der Waals surface area (Å²) in [4.78, 5) is 28.7. The van der Waals surface area contributed by atoms with Crippen molar-refractivity contribution < 1.29 is 41.0 Å². The number of amides is 1. The van der Waals surface area contributed by atoms with E-state index in [1.807, 2.05) is 6.92 Å². The molecule has 0 saturated carbocycles. The molecule has 11 heteroatoms. The first-order valence-electron chi connectivity index (χ1n) is 11.2. The predicted molar refractivity (Wildman–Crippen MR) is 123 cm³/mol. The highest BCUT2D eigenvalue weighted by molar-refractivity contribution is 5.96. The van der Waals surface area contributed by atoms with Gasteiger partial charge in [0.2, 0.25) is 0 Å². The Morgan fingerprint density at radius 1 is 0.972 bits per heavy atom. The summed E-state index contributed by atoms with van der Waals surface area (Å²) >= 11 is 0. The van der Waals surface area contributed by atoms with Crippen LogP contribution in [-0.2, 0) is 20.4 Å². The van der Waals surface area contributed by atoms with Gasteiger partial charge in [-0.1, -0.05) is 6.92 Å². The van der Waals surface area contributed by atoms with E-state index in [0.717, 1.165) is 24.3 Å². The maximum atomic E-state index is 13.6. The third-order valence-corrected chi connectivity index (χ3v) is 6.38. The largest absolute Gasteiger partial charge is 0.467 e. The molecule has 1 heterocycles. The molecule has 0 fully saturated rings. The van der Waals surface area contributed by atoms with Gasteiger partial charge in [0.15, 0.2) is 6.04 Å². The molecule has 0 spiro atoms. The fraction of sp³-hybridized carbons (Fsp3) is 0.440. The van der Waals surface area contributed by atoms with E-state index in [1.54, 1.807) is 26.0 Å². The molecule has 3 rings (SSSR count). The van der Waals surface area contributed by atoms with Crippen LogP contribution in [0.3, 0.4) is 0 Å². The van der Waals surface area contributed by atoms with Crippen LogP contribution in [0.25, 0.3) is 0 Å². The zero-order valence-electron chi connectivity index (χ0n) is 20.5. The van der Waals surface area contributed by atoms with Gasteiger partial charge in [0, 0.05) is 12.1 Å². The molecule has 1 aliphatic heterocycles. The zero-order chi connectivity index (χ0) is 26.9. The molecule has 0 aliphatic carbocycles. The smallest absolute Gasteiger partial charge is 0.416 e. The number of nitrogens with zero attached hydrogens (tertiary/aromatic N) is 2. The second-order valence-electron chi connectivity index (χ2n) is 8.59. The van der Waals surface area contributed by atoms with E-state index in [0.29, 0.717) is 29.9 Å². The van der Waals surface area contributed by atoms with Gasteiger partial charge in [0.1, 0.15) is 0 Å². The lowest BCUT2D eigenvalue weighted by Crippen LogP contribution is -2.53. The predicted octanol–water partition coefficient (Wildman–Crippen LogP) is 6.35. The average molecular weight is 514 g/mol. The van der Waals surface area contributed by atoms with E-state index in [1.165, 1.54) is 16.9 Å². The van der Waals surface area contributed by atoms with Crippen LogP contribution in [0.1, 0.15) is 53.6 Å². The molecule has 2 unspecified atom stereocenters. The van der Waals surface area contributed by atoms with Gasteiger partial charge in [-0.05, 0) is 67.3 Å². The van der Waals surface area contributed by atoms with Gasteiger partial charge in [-0.2, -0.15) is 13.2 Å². The maximum Gasteiger partial charge on any atom is 0.416 e. The second-order valence-corrected chi connectivity index (χ2v) is 8.59. The average Bonchev–Trinajstić information content (AvgIpc) is 2.83. The van der Waals surface area contributed by atoms with Crippen molar-refractivity contribution in [1.29, 1.82) is 0 Å². The summed E-state index contributed by atoms with van der Waals surface area (Å²) in [5, 5.41) is 0.